The lowest BCUT2D eigenvalue weighted by Crippen LogP contribution is -2.19. The van der Waals surface area contributed by atoms with Crippen molar-refractivity contribution in [3.8, 4) is 0 Å². The Hall–Kier alpha value is -0.950. The van der Waals surface area contributed by atoms with Gasteiger partial charge in [-0.05, 0) is 43.0 Å². The highest BCUT2D eigenvalue weighted by molar-refractivity contribution is 6.30. The van der Waals surface area contributed by atoms with E-state index in [1.165, 1.54) is 30.5 Å². The van der Waals surface area contributed by atoms with Crippen LogP contribution in [0.25, 0.3) is 6.08 Å². The van der Waals surface area contributed by atoms with Crippen LogP contribution in [0.1, 0.15) is 24.8 Å². The molecule has 0 saturated carbocycles. The van der Waals surface area contributed by atoms with Gasteiger partial charge in [0.2, 0.25) is 0 Å². The van der Waals surface area contributed by atoms with Crippen LogP contribution in [-0.2, 0) is 0 Å². The van der Waals surface area contributed by atoms with Crippen molar-refractivity contribution in [3.63, 3.8) is 0 Å². The molecular weight excluding hydrogens is 194 g/mol. The summed E-state index contributed by atoms with van der Waals surface area (Å²) in [7, 11) is 0. The van der Waals surface area contributed by atoms with E-state index in [2.05, 4.69) is 11.4 Å². The molecule has 74 valence electrons. The van der Waals surface area contributed by atoms with Crippen molar-refractivity contribution < 1.29 is 0 Å². The van der Waals surface area contributed by atoms with Crippen LogP contribution in [0.15, 0.2) is 30.0 Å². The van der Waals surface area contributed by atoms with E-state index in [0.29, 0.717) is 0 Å². The lowest BCUT2D eigenvalue weighted by molar-refractivity contribution is 0.592. The average Bonchev–Trinajstić information content (AvgIpc) is 2.23. The first-order valence-corrected chi connectivity index (χ1v) is 5.42. The maximum absolute atomic E-state index is 5.82. The molecule has 1 saturated heterocycles. The monoisotopic (exact) mass is 207 g/mol. The Morgan fingerprint density at radius 2 is 1.93 bits per heavy atom. The second-order valence-corrected chi connectivity index (χ2v) is 4.04. The number of benzene rings is 1. The Balaban J connectivity index is 2.11. The summed E-state index contributed by atoms with van der Waals surface area (Å²) in [5, 5.41) is 4.21. The molecule has 0 aliphatic carbocycles. The molecule has 1 N–H and O–H groups in total. The highest BCUT2D eigenvalue weighted by Gasteiger charge is 2.03. The van der Waals surface area contributed by atoms with Crippen LogP contribution < -0.4 is 5.32 Å². The first-order chi connectivity index (χ1) is 6.84. The Morgan fingerprint density at radius 3 is 2.57 bits per heavy atom. The number of rotatable bonds is 1. The molecule has 1 aliphatic rings. The first-order valence-electron chi connectivity index (χ1n) is 5.04. The lowest BCUT2D eigenvalue weighted by atomic mass is 10.1. The van der Waals surface area contributed by atoms with Crippen molar-refractivity contribution in [2.45, 2.75) is 19.3 Å². The normalized spacial score (nSPS) is 19.4. The molecule has 1 heterocycles. The third-order valence-electron chi connectivity index (χ3n) is 2.44. The Kier molecular flexibility index (Phi) is 3.10. The SMILES string of the molecule is Clc1ccc(C=C2CCCCN2)cc1. The van der Waals surface area contributed by atoms with Gasteiger partial charge in [-0.3, -0.25) is 0 Å². The van der Waals surface area contributed by atoms with Gasteiger partial charge in [-0.25, -0.2) is 0 Å². The van der Waals surface area contributed by atoms with E-state index in [4.69, 9.17) is 11.6 Å². The van der Waals surface area contributed by atoms with Crippen LogP contribution in [0.5, 0.6) is 0 Å². The molecule has 0 bridgehead atoms. The summed E-state index contributed by atoms with van der Waals surface area (Å²) >= 11 is 5.82. The molecule has 1 aliphatic heterocycles. The van der Waals surface area contributed by atoms with Gasteiger partial charge in [-0.15, -0.1) is 0 Å². The number of nitrogens with one attached hydrogen (secondary N) is 1. The molecule has 0 spiro atoms. The van der Waals surface area contributed by atoms with Crippen molar-refractivity contribution in [1.82, 2.24) is 5.32 Å². The fraction of sp³-hybridized carbons (Fsp3) is 0.333. The molecule has 0 atom stereocenters. The minimum atomic E-state index is 0.795. The zero-order valence-electron chi connectivity index (χ0n) is 8.09. The maximum atomic E-state index is 5.82. The van der Waals surface area contributed by atoms with E-state index in [1.54, 1.807) is 0 Å². The fourth-order valence-electron chi connectivity index (χ4n) is 1.66. The van der Waals surface area contributed by atoms with Crippen LogP contribution in [0, 0.1) is 0 Å². The summed E-state index contributed by atoms with van der Waals surface area (Å²) in [4.78, 5) is 0. The lowest BCUT2D eigenvalue weighted by Gasteiger charge is -2.16. The molecule has 14 heavy (non-hydrogen) atoms. The van der Waals surface area contributed by atoms with E-state index in [9.17, 15) is 0 Å². The van der Waals surface area contributed by atoms with E-state index < -0.39 is 0 Å². The summed E-state index contributed by atoms with van der Waals surface area (Å²) in [6.45, 7) is 1.11. The zero-order chi connectivity index (χ0) is 9.80. The average molecular weight is 208 g/mol. The smallest absolute Gasteiger partial charge is 0.0406 e. The summed E-state index contributed by atoms with van der Waals surface area (Å²) in [5.74, 6) is 0. The van der Waals surface area contributed by atoms with E-state index >= 15 is 0 Å². The molecule has 1 aromatic rings. The van der Waals surface area contributed by atoms with Crippen molar-refractivity contribution >= 4 is 17.7 Å². The van der Waals surface area contributed by atoms with Crippen LogP contribution >= 0.6 is 11.6 Å². The van der Waals surface area contributed by atoms with Gasteiger partial charge in [0.05, 0.1) is 0 Å². The van der Waals surface area contributed by atoms with Crippen molar-refractivity contribution in [2.24, 2.45) is 0 Å². The van der Waals surface area contributed by atoms with Gasteiger partial charge in [-0.2, -0.15) is 0 Å². The summed E-state index contributed by atoms with van der Waals surface area (Å²) in [5.41, 5.74) is 2.57. The van der Waals surface area contributed by atoms with E-state index in [1.807, 2.05) is 24.3 Å². The number of halogens is 1. The maximum Gasteiger partial charge on any atom is 0.0406 e. The molecule has 2 rings (SSSR count). The number of piperidine rings is 1. The quantitative estimate of drug-likeness (QED) is 0.744. The minimum Gasteiger partial charge on any atom is -0.388 e. The van der Waals surface area contributed by atoms with Crippen LogP contribution in [0.3, 0.4) is 0 Å². The standard InChI is InChI=1S/C12H14ClN/c13-11-6-4-10(5-7-11)9-12-3-1-2-8-14-12/h4-7,9,14H,1-3,8H2. The van der Waals surface area contributed by atoms with Crippen LogP contribution in [0.4, 0.5) is 0 Å². The highest BCUT2D eigenvalue weighted by atomic mass is 35.5. The summed E-state index contributed by atoms with van der Waals surface area (Å²) in [6.07, 6.45) is 5.96. The number of allylic oxidation sites excluding steroid dienone is 1. The zero-order valence-corrected chi connectivity index (χ0v) is 8.85. The van der Waals surface area contributed by atoms with E-state index in [0.717, 1.165) is 11.6 Å². The molecule has 1 nitrogen and oxygen atoms in total. The largest absolute Gasteiger partial charge is 0.388 e. The fourth-order valence-corrected chi connectivity index (χ4v) is 1.79. The highest BCUT2D eigenvalue weighted by Crippen LogP contribution is 2.16. The van der Waals surface area contributed by atoms with Crippen LogP contribution in [0.2, 0.25) is 5.02 Å². The van der Waals surface area contributed by atoms with Gasteiger partial charge in [0.25, 0.3) is 0 Å². The predicted molar refractivity (Wildman–Crippen MR) is 61.3 cm³/mol. The summed E-state index contributed by atoms with van der Waals surface area (Å²) < 4.78 is 0. The Morgan fingerprint density at radius 1 is 1.14 bits per heavy atom. The predicted octanol–water partition coefficient (Wildman–Crippen LogP) is 3.45. The third kappa shape index (κ3) is 2.52. The van der Waals surface area contributed by atoms with Crippen molar-refractivity contribution in [3.05, 3.63) is 40.5 Å². The molecule has 0 unspecified atom stereocenters. The molecule has 2 heteroatoms. The van der Waals surface area contributed by atoms with Gasteiger partial charge >= 0.3 is 0 Å². The van der Waals surface area contributed by atoms with Crippen LogP contribution in [-0.4, -0.2) is 6.54 Å². The molecular formula is C12H14ClN. The van der Waals surface area contributed by atoms with E-state index in [-0.39, 0.29) is 0 Å². The van der Waals surface area contributed by atoms with Gasteiger partial charge in [-0.1, -0.05) is 23.7 Å². The first kappa shape index (κ1) is 9.60. The van der Waals surface area contributed by atoms with Gasteiger partial charge in [0.15, 0.2) is 0 Å². The third-order valence-corrected chi connectivity index (χ3v) is 2.69. The van der Waals surface area contributed by atoms with Gasteiger partial charge in [0.1, 0.15) is 0 Å². The molecule has 0 aromatic heterocycles. The molecule has 0 radical (unpaired) electrons. The molecule has 1 aromatic carbocycles. The second kappa shape index (κ2) is 4.52. The summed E-state index contributed by atoms with van der Waals surface area (Å²) in [6, 6.07) is 7.95. The van der Waals surface area contributed by atoms with Gasteiger partial charge < -0.3 is 5.32 Å². The molecule has 0 amide bonds. The van der Waals surface area contributed by atoms with Gasteiger partial charge in [0, 0.05) is 17.3 Å². The molecule has 1 fully saturated rings. The Bertz CT molecular complexity index is 319. The number of hydrogen-bond donors (Lipinski definition) is 1. The number of hydrogen-bond acceptors (Lipinski definition) is 1. The topological polar surface area (TPSA) is 12.0 Å². The van der Waals surface area contributed by atoms with Crippen molar-refractivity contribution in [2.75, 3.05) is 6.54 Å². The van der Waals surface area contributed by atoms with Crippen molar-refractivity contribution in [1.29, 1.82) is 0 Å². The second-order valence-electron chi connectivity index (χ2n) is 3.61. The Labute approximate surface area is 89.8 Å². The minimum absolute atomic E-state index is 0.795.